The third-order valence-electron chi connectivity index (χ3n) is 6.10. The predicted octanol–water partition coefficient (Wildman–Crippen LogP) is 6.79. The van der Waals surface area contributed by atoms with E-state index in [1.165, 1.54) is 3.97 Å². The lowest BCUT2D eigenvalue weighted by atomic mass is 9.96. The molecular weight excluding hydrogens is 452 g/mol. The first-order valence-corrected chi connectivity index (χ1v) is 12.9. The minimum atomic E-state index is -3.88. The molecular formula is C30H26N2O2S. The lowest BCUT2D eigenvalue weighted by molar-refractivity contribution is 0.588. The number of nitrogens with zero attached hydrogens (tertiary/aromatic N) is 2. The van der Waals surface area contributed by atoms with Crippen LogP contribution in [0.15, 0.2) is 102 Å². The molecule has 1 heterocycles. The standard InChI is InChI=1S/C30H26N2O2S/c1-21-8-14-24(15-9-21)27(25-16-10-22(2)11-17-25)20-30-31-28-6-4-5-7-29(28)32(30)35(33,34)26-18-12-23(3)13-19-26/h4-20H,1-3H3. The zero-order valence-electron chi connectivity index (χ0n) is 19.9. The average Bonchev–Trinajstić information content (AvgIpc) is 3.23. The number of aryl methyl sites for hydroxylation is 3. The van der Waals surface area contributed by atoms with E-state index >= 15 is 0 Å². The van der Waals surface area contributed by atoms with Gasteiger partial charge in [-0.05, 0) is 67.8 Å². The molecule has 0 aliphatic carbocycles. The molecule has 0 saturated heterocycles. The van der Waals surface area contributed by atoms with Gasteiger partial charge in [-0.2, -0.15) is 0 Å². The van der Waals surface area contributed by atoms with Gasteiger partial charge in [-0.1, -0.05) is 89.5 Å². The minimum absolute atomic E-state index is 0.230. The number of rotatable bonds is 5. The zero-order valence-corrected chi connectivity index (χ0v) is 20.8. The predicted molar refractivity (Wildman–Crippen MR) is 143 cm³/mol. The smallest absolute Gasteiger partial charge is 0.228 e. The Balaban J connectivity index is 1.79. The summed E-state index contributed by atoms with van der Waals surface area (Å²) >= 11 is 0. The maximum absolute atomic E-state index is 13.9. The molecule has 0 amide bonds. The van der Waals surface area contributed by atoms with Crippen LogP contribution in [-0.4, -0.2) is 17.4 Å². The van der Waals surface area contributed by atoms with Crippen molar-refractivity contribution in [2.45, 2.75) is 25.7 Å². The van der Waals surface area contributed by atoms with Crippen LogP contribution in [-0.2, 0) is 10.0 Å². The van der Waals surface area contributed by atoms with Crippen molar-refractivity contribution in [3.63, 3.8) is 0 Å². The fourth-order valence-electron chi connectivity index (χ4n) is 4.11. The van der Waals surface area contributed by atoms with Crippen molar-refractivity contribution in [3.05, 3.63) is 131 Å². The van der Waals surface area contributed by atoms with Crippen molar-refractivity contribution in [3.8, 4) is 0 Å². The summed E-state index contributed by atoms with van der Waals surface area (Å²) < 4.78 is 29.1. The number of benzene rings is 4. The summed E-state index contributed by atoms with van der Waals surface area (Å²) in [5, 5.41) is 0. The molecule has 0 aliphatic rings. The van der Waals surface area contributed by atoms with Crippen LogP contribution < -0.4 is 0 Å². The van der Waals surface area contributed by atoms with Crippen molar-refractivity contribution in [2.75, 3.05) is 0 Å². The molecule has 0 unspecified atom stereocenters. The second-order valence-corrected chi connectivity index (χ2v) is 10.6. The van der Waals surface area contributed by atoms with Gasteiger partial charge in [-0.3, -0.25) is 0 Å². The number of hydrogen-bond acceptors (Lipinski definition) is 3. The molecule has 0 radical (unpaired) electrons. The van der Waals surface area contributed by atoms with Crippen LogP contribution in [0.1, 0.15) is 33.6 Å². The molecule has 0 N–H and O–H groups in total. The van der Waals surface area contributed by atoms with Gasteiger partial charge >= 0.3 is 0 Å². The van der Waals surface area contributed by atoms with Crippen molar-refractivity contribution in [2.24, 2.45) is 0 Å². The first-order chi connectivity index (χ1) is 16.8. The van der Waals surface area contributed by atoms with Crippen molar-refractivity contribution < 1.29 is 8.42 Å². The van der Waals surface area contributed by atoms with Gasteiger partial charge in [0.15, 0.2) is 0 Å². The molecule has 4 nitrogen and oxygen atoms in total. The van der Waals surface area contributed by atoms with E-state index in [0.29, 0.717) is 16.9 Å². The molecule has 0 atom stereocenters. The largest absolute Gasteiger partial charge is 0.269 e. The topological polar surface area (TPSA) is 52.0 Å². The second-order valence-electron chi connectivity index (χ2n) is 8.83. The van der Waals surface area contributed by atoms with E-state index in [1.54, 1.807) is 18.2 Å². The Bertz CT molecular complexity index is 1600. The molecule has 4 aromatic carbocycles. The quantitative estimate of drug-likeness (QED) is 0.280. The highest BCUT2D eigenvalue weighted by Crippen LogP contribution is 2.30. The van der Waals surface area contributed by atoms with Crippen LogP contribution >= 0.6 is 0 Å². The van der Waals surface area contributed by atoms with Gasteiger partial charge in [-0.25, -0.2) is 17.4 Å². The molecule has 0 fully saturated rings. The Morgan fingerprint density at radius 2 is 1.17 bits per heavy atom. The van der Waals surface area contributed by atoms with Gasteiger partial charge in [0.05, 0.1) is 15.9 Å². The van der Waals surface area contributed by atoms with E-state index in [0.717, 1.165) is 33.4 Å². The number of fused-ring (bicyclic) bond motifs is 1. The molecule has 5 aromatic rings. The summed E-state index contributed by atoms with van der Waals surface area (Å²) in [6.45, 7) is 6.03. The fraction of sp³-hybridized carbons (Fsp3) is 0.100. The Labute approximate surface area is 206 Å². The van der Waals surface area contributed by atoms with E-state index in [4.69, 9.17) is 4.98 Å². The lowest BCUT2D eigenvalue weighted by Crippen LogP contribution is -2.14. The summed E-state index contributed by atoms with van der Waals surface area (Å²) in [7, 11) is -3.88. The number of hydrogen-bond donors (Lipinski definition) is 0. The molecule has 0 bridgehead atoms. The maximum atomic E-state index is 13.9. The van der Waals surface area contributed by atoms with E-state index in [-0.39, 0.29) is 4.90 Å². The Morgan fingerprint density at radius 3 is 1.71 bits per heavy atom. The van der Waals surface area contributed by atoms with E-state index in [1.807, 2.05) is 57.2 Å². The average molecular weight is 479 g/mol. The highest BCUT2D eigenvalue weighted by Gasteiger charge is 2.24. The molecule has 0 saturated carbocycles. The number of imidazole rings is 1. The molecule has 35 heavy (non-hydrogen) atoms. The van der Waals surface area contributed by atoms with Crippen molar-refractivity contribution >= 4 is 32.7 Å². The van der Waals surface area contributed by atoms with Gasteiger partial charge < -0.3 is 0 Å². The summed E-state index contributed by atoms with van der Waals surface area (Å²) in [5.74, 6) is 0.364. The Morgan fingerprint density at radius 1 is 0.686 bits per heavy atom. The lowest BCUT2D eigenvalue weighted by Gasteiger charge is -2.12. The maximum Gasteiger partial charge on any atom is 0.269 e. The highest BCUT2D eigenvalue weighted by molar-refractivity contribution is 7.90. The third-order valence-corrected chi connectivity index (χ3v) is 7.83. The van der Waals surface area contributed by atoms with Crippen molar-refractivity contribution in [1.29, 1.82) is 0 Å². The first-order valence-electron chi connectivity index (χ1n) is 11.5. The van der Waals surface area contributed by atoms with E-state index in [9.17, 15) is 8.42 Å². The highest BCUT2D eigenvalue weighted by atomic mass is 32.2. The number of aromatic nitrogens is 2. The third kappa shape index (κ3) is 4.43. The molecule has 0 spiro atoms. The van der Waals surface area contributed by atoms with E-state index in [2.05, 4.69) is 48.5 Å². The monoisotopic (exact) mass is 478 g/mol. The molecule has 1 aromatic heterocycles. The van der Waals surface area contributed by atoms with Gasteiger partial charge in [-0.15, -0.1) is 0 Å². The molecule has 174 valence electrons. The summed E-state index contributed by atoms with van der Waals surface area (Å²) in [4.78, 5) is 4.99. The van der Waals surface area contributed by atoms with Gasteiger partial charge in [0, 0.05) is 0 Å². The van der Waals surface area contributed by atoms with Gasteiger partial charge in [0.25, 0.3) is 10.0 Å². The van der Waals surface area contributed by atoms with Gasteiger partial charge in [0.1, 0.15) is 5.82 Å². The van der Waals surface area contributed by atoms with E-state index < -0.39 is 10.0 Å². The SMILES string of the molecule is Cc1ccc(C(=Cc2nc3ccccc3n2S(=O)(=O)c2ccc(C)cc2)c2ccc(C)cc2)cc1. The van der Waals surface area contributed by atoms with Gasteiger partial charge in [0.2, 0.25) is 0 Å². The molecule has 0 aliphatic heterocycles. The zero-order chi connectivity index (χ0) is 24.6. The number of para-hydroxylation sites is 2. The minimum Gasteiger partial charge on any atom is -0.228 e. The van der Waals surface area contributed by atoms with Crippen LogP contribution in [0, 0.1) is 20.8 Å². The summed E-state index contributed by atoms with van der Waals surface area (Å²) in [6.07, 6.45) is 1.88. The van der Waals surface area contributed by atoms with Crippen LogP contribution in [0.5, 0.6) is 0 Å². The van der Waals surface area contributed by atoms with Crippen LogP contribution in [0.4, 0.5) is 0 Å². The van der Waals surface area contributed by atoms with Crippen LogP contribution in [0.25, 0.3) is 22.7 Å². The first kappa shape index (κ1) is 22.8. The molecule has 5 heteroatoms. The summed E-state index contributed by atoms with van der Waals surface area (Å²) in [6, 6.07) is 30.7. The summed E-state index contributed by atoms with van der Waals surface area (Å²) in [5.41, 5.74) is 7.38. The Kier molecular flexibility index (Phi) is 5.87. The fourth-order valence-corrected chi connectivity index (χ4v) is 5.55. The van der Waals surface area contributed by atoms with Crippen LogP contribution in [0.3, 0.4) is 0 Å². The normalized spacial score (nSPS) is 11.5. The van der Waals surface area contributed by atoms with Crippen molar-refractivity contribution in [1.82, 2.24) is 8.96 Å². The van der Waals surface area contributed by atoms with Crippen LogP contribution in [0.2, 0.25) is 0 Å². The Hall–Kier alpha value is -3.96. The molecule has 5 rings (SSSR count). The second kappa shape index (κ2) is 9.01.